The number of sulfone groups is 1. The number of carbonyl (C=O) groups is 1. The molecule has 1 unspecified atom stereocenters. The van der Waals surface area contributed by atoms with Gasteiger partial charge in [0.2, 0.25) is 10.0 Å². The van der Waals surface area contributed by atoms with Crippen molar-refractivity contribution in [2.24, 2.45) is 5.92 Å². The van der Waals surface area contributed by atoms with Crippen molar-refractivity contribution in [1.82, 2.24) is 9.21 Å². The third kappa shape index (κ3) is 6.08. The molecule has 0 bridgehead atoms. The number of nitrogens with zero attached hydrogens (tertiary/aromatic N) is 2. The van der Waals surface area contributed by atoms with E-state index in [9.17, 15) is 21.6 Å². The summed E-state index contributed by atoms with van der Waals surface area (Å²) in [5.41, 5.74) is 3.23. The van der Waals surface area contributed by atoms with Crippen LogP contribution in [-0.4, -0.2) is 89.1 Å². The van der Waals surface area contributed by atoms with E-state index in [0.717, 1.165) is 30.3 Å². The zero-order valence-corrected chi connectivity index (χ0v) is 21.7. The molecule has 2 aliphatic heterocycles. The summed E-state index contributed by atoms with van der Waals surface area (Å²) in [6.45, 7) is 4.27. The molecule has 1 saturated heterocycles. The highest BCUT2D eigenvalue weighted by molar-refractivity contribution is 7.92. The van der Waals surface area contributed by atoms with Gasteiger partial charge < -0.3 is 4.74 Å². The Bertz CT molecular complexity index is 1220. The fourth-order valence-corrected chi connectivity index (χ4v) is 5.71. The number of carbonyl (C=O) groups excluding carboxylic acids is 1. The fraction of sp³-hybridized carbons (Fsp3) is 0.542. The highest BCUT2D eigenvalue weighted by atomic mass is 32.2. The van der Waals surface area contributed by atoms with Crippen LogP contribution in [0.4, 0.5) is 0 Å². The number of hydrogen-bond donors (Lipinski definition) is 0. The molecule has 1 fully saturated rings. The molecule has 1 atom stereocenters. The summed E-state index contributed by atoms with van der Waals surface area (Å²) in [6.07, 6.45) is 5.42. The van der Waals surface area contributed by atoms with E-state index in [1.54, 1.807) is 0 Å². The maximum atomic E-state index is 12.2. The van der Waals surface area contributed by atoms with Crippen LogP contribution >= 0.6 is 0 Å². The second-order valence-electron chi connectivity index (χ2n) is 9.15. The first kappa shape index (κ1) is 26.4. The Kier molecular flexibility index (Phi) is 7.92. The molecule has 2 aliphatic rings. The van der Waals surface area contributed by atoms with Gasteiger partial charge in [0.15, 0.2) is 14.6 Å². The predicted octanol–water partition coefficient (Wildman–Crippen LogP) is 1.39. The van der Waals surface area contributed by atoms with E-state index in [1.807, 2.05) is 24.3 Å². The molecule has 10 heteroatoms. The van der Waals surface area contributed by atoms with Gasteiger partial charge in [-0.25, -0.2) is 16.8 Å². The predicted molar refractivity (Wildman–Crippen MR) is 132 cm³/mol. The van der Waals surface area contributed by atoms with E-state index in [-0.39, 0.29) is 12.3 Å². The normalized spacial score (nSPS) is 19.8. The minimum absolute atomic E-state index is 0.0742. The van der Waals surface area contributed by atoms with Gasteiger partial charge in [0.1, 0.15) is 0 Å². The lowest BCUT2D eigenvalue weighted by atomic mass is 9.97. The zero-order valence-electron chi connectivity index (χ0n) is 20.1. The third-order valence-corrected chi connectivity index (χ3v) is 9.87. The maximum absolute atomic E-state index is 12.2. The van der Waals surface area contributed by atoms with E-state index in [0.29, 0.717) is 26.2 Å². The Morgan fingerprint density at radius 3 is 2.29 bits per heavy atom. The number of esters is 1. The van der Waals surface area contributed by atoms with Crippen LogP contribution in [0.25, 0.3) is 5.57 Å². The average molecular weight is 509 g/mol. The molecule has 1 aromatic rings. The summed E-state index contributed by atoms with van der Waals surface area (Å²) >= 11 is 0. The summed E-state index contributed by atoms with van der Waals surface area (Å²) in [6, 6.07) is 8.01. The quantitative estimate of drug-likeness (QED) is 0.405. The molecule has 0 aliphatic carbocycles. The topological polar surface area (TPSA) is 101 Å². The number of sulfonamides is 1. The second-order valence-corrected chi connectivity index (χ2v) is 13.6. The van der Waals surface area contributed by atoms with Crippen LogP contribution in [0.15, 0.2) is 30.3 Å². The first-order chi connectivity index (χ1) is 15.8. The summed E-state index contributed by atoms with van der Waals surface area (Å²) in [4.78, 5) is 14.2. The van der Waals surface area contributed by atoms with Crippen molar-refractivity contribution < 1.29 is 26.4 Å². The monoisotopic (exact) mass is 508 g/mol. The standard InChI is InChI=1S/C24H32N2O6S2/c1-24(23(27)32-2,33(3,28)29)13-16-25-14-11-22(12-15-25)21-9-7-19(8-10-21)5-6-20-17-26(18-20)34(4,30)31/h7-11,20H,12-18H2,1-4H3. The summed E-state index contributed by atoms with van der Waals surface area (Å²) < 4.78 is 51.8. The number of ether oxygens (including phenoxy) is 1. The Hall–Kier alpha value is -2.19. The number of rotatable bonds is 7. The van der Waals surface area contributed by atoms with Gasteiger partial charge in [0.25, 0.3) is 0 Å². The fourth-order valence-electron chi connectivity index (χ4n) is 3.96. The molecule has 2 heterocycles. The minimum Gasteiger partial charge on any atom is -0.468 e. The Balaban J connectivity index is 1.55. The van der Waals surface area contributed by atoms with Gasteiger partial charge in [0.05, 0.1) is 13.4 Å². The van der Waals surface area contributed by atoms with E-state index in [4.69, 9.17) is 4.74 Å². The number of methoxy groups -OCH3 is 1. The highest BCUT2D eigenvalue weighted by Gasteiger charge is 2.44. The lowest BCUT2D eigenvalue weighted by Crippen LogP contribution is -2.48. The van der Waals surface area contributed by atoms with Gasteiger partial charge in [-0.3, -0.25) is 9.69 Å². The second kappa shape index (κ2) is 10.2. The molecule has 0 spiro atoms. The van der Waals surface area contributed by atoms with Crippen molar-refractivity contribution in [3.63, 3.8) is 0 Å². The molecule has 0 aromatic heterocycles. The van der Waals surface area contributed by atoms with E-state index in [2.05, 4.69) is 22.8 Å². The number of hydrogen-bond acceptors (Lipinski definition) is 7. The van der Waals surface area contributed by atoms with Crippen molar-refractivity contribution in [3.8, 4) is 11.8 Å². The lowest BCUT2D eigenvalue weighted by molar-refractivity contribution is -0.143. The highest BCUT2D eigenvalue weighted by Crippen LogP contribution is 2.26. The van der Waals surface area contributed by atoms with Gasteiger partial charge in [-0.1, -0.05) is 30.0 Å². The van der Waals surface area contributed by atoms with Crippen molar-refractivity contribution in [3.05, 3.63) is 41.5 Å². The Morgan fingerprint density at radius 2 is 1.79 bits per heavy atom. The van der Waals surface area contributed by atoms with Gasteiger partial charge in [0, 0.05) is 50.5 Å². The van der Waals surface area contributed by atoms with Gasteiger partial charge in [-0.2, -0.15) is 4.31 Å². The van der Waals surface area contributed by atoms with Crippen LogP contribution in [0, 0.1) is 17.8 Å². The first-order valence-corrected chi connectivity index (χ1v) is 14.8. The summed E-state index contributed by atoms with van der Waals surface area (Å²) in [5, 5.41) is 0. The van der Waals surface area contributed by atoms with E-state index in [1.165, 1.54) is 30.2 Å². The molecule has 0 radical (unpaired) electrons. The molecule has 8 nitrogen and oxygen atoms in total. The average Bonchev–Trinajstić information content (AvgIpc) is 2.75. The molecule has 1 aromatic carbocycles. The van der Waals surface area contributed by atoms with Crippen LogP contribution < -0.4 is 0 Å². The smallest absolute Gasteiger partial charge is 0.326 e. The third-order valence-electron chi connectivity index (χ3n) is 6.63. The molecule has 186 valence electrons. The molecule has 34 heavy (non-hydrogen) atoms. The van der Waals surface area contributed by atoms with Crippen molar-refractivity contribution in [2.45, 2.75) is 24.5 Å². The van der Waals surface area contributed by atoms with Crippen LogP contribution in [0.1, 0.15) is 30.9 Å². The largest absolute Gasteiger partial charge is 0.468 e. The number of benzene rings is 1. The zero-order chi connectivity index (χ0) is 25.1. The molecular weight excluding hydrogens is 476 g/mol. The van der Waals surface area contributed by atoms with Crippen molar-refractivity contribution in [1.29, 1.82) is 0 Å². The summed E-state index contributed by atoms with van der Waals surface area (Å²) in [5.74, 6) is 5.61. The molecule has 0 saturated carbocycles. The van der Waals surface area contributed by atoms with Gasteiger partial charge in [-0.15, -0.1) is 0 Å². The molecule has 3 rings (SSSR count). The van der Waals surface area contributed by atoms with Gasteiger partial charge >= 0.3 is 5.97 Å². The maximum Gasteiger partial charge on any atom is 0.326 e. The molecule has 0 N–H and O–H groups in total. The molecule has 0 amide bonds. The van der Waals surface area contributed by atoms with Crippen LogP contribution in [0.5, 0.6) is 0 Å². The van der Waals surface area contributed by atoms with Crippen LogP contribution in [-0.2, 0) is 29.4 Å². The Labute approximate surface area is 202 Å². The van der Waals surface area contributed by atoms with E-state index < -0.39 is 30.6 Å². The SMILES string of the molecule is COC(=O)C(C)(CCN1CC=C(c2ccc(C#CC3CN(S(C)(=O)=O)C3)cc2)CC1)S(C)(=O)=O. The van der Waals surface area contributed by atoms with E-state index >= 15 is 0 Å². The van der Waals surface area contributed by atoms with Crippen LogP contribution in [0.3, 0.4) is 0 Å². The summed E-state index contributed by atoms with van der Waals surface area (Å²) in [7, 11) is -5.52. The molecular formula is C24H32N2O6S2. The lowest BCUT2D eigenvalue weighted by Gasteiger charge is -2.33. The van der Waals surface area contributed by atoms with Crippen LogP contribution in [0.2, 0.25) is 0 Å². The first-order valence-electron chi connectivity index (χ1n) is 11.1. The van der Waals surface area contributed by atoms with Crippen molar-refractivity contribution >= 4 is 31.4 Å². The Morgan fingerprint density at radius 1 is 1.15 bits per heavy atom. The van der Waals surface area contributed by atoms with Gasteiger partial charge in [-0.05, 0) is 43.0 Å². The van der Waals surface area contributed by atoms with Crippen molar-refractivity contribution in [2.75, 3.05) is 52.3 Å². The minimum atomic E-state index is -3.61.